The summed E-state index contributed by atoms with van der Waals surface area (Å²) in [6.07, 6.45) is 4.65. The van der Waals surface area contributed by atoms with Crippen LogP contribution >= 0.6 is 0 Å². The molecule has 5 nitrogen and oxygen atoms in total. The second-order valence-corrected chi connectivity index (χ2v) is 5.65. The molecule has 1 aromatic heterocycles. The van der Waals surface area contributed by atoms with Gasteiger partial charge in [-0.2, -0.15) is 0 Å². The van der Waals surface area contributed by atoms with E-state index in [4.69, 9.17) is 0 Å². The minimum absolute atomic E-state index is 0.0565. The number of hydrogen-bond donors (Lipinski definition) is 1. The molecule has 24 heavy (non-hydrogen) atoms. The third-order valence-electron chi connectivity index (χ3n) is 3.80. The third-order valence-corrected chi connectivity index (χ3v) is 3.80. The fraction of sp³-hybridized carbons (Fsp3) is 0.316. The Labute approximate surface area is 142 Å². The van der Waals surface area contributed by atoms with Crippen molar-refractivity contribution in [3.8, 4) is 0 Å². The normalized spacial score (nSPS) is 10.2. The number of amides is 2. The fourth-order valence-corrected chi connectivity index (χ4v) is 2.34. The number of carbonyl (C=O) groups excluding carboxylic acids is 2. The zero-order valence-corrected chi connectivity index (χ0v) is 14.2. The van der Waals surface area contributed by atoms with Crippen LogP contribution in [-0.2, 0) is 22.6 Å². The predicted molar refractivity (Wildman–Crippen MR) is 94.4 cm³/mol. The van der Waals surface area contributed by atoms with Crippen molar-refractivity contribution >= 4 is 17.5 Å². The molecule has 1 heterocycles. The number of nitrogens with one attached hydrogen (secondary N) is 1. The first-order chi connectivity index (χ1) is 11.6. The van der Waals surface area contributed by atoms with E-state index in [0.29, 0.717) is 13.1 Å². The molecular weight excluding hydrogens is 302 g/mol. The Morgan fingerprint density at radius 3 is 2.46 bits per heavy atom. The van der Waals surface area contributed by atoms with Gasteiger partial charge in [-0.15, -0.1) is 0 Å². The van der Waals surface area contributed by atoms with E-state index in [9.17, 15) is 9.59 Å². The smallest absolute Gasteiger partial charge is 0.226 e. The molecule has 0 saturated heterocycles. The average Bonchev–Trinajstić information content (AvgIpc) is 2.60. The van der Waals surface area contributed by atoms with Crippen LogP contribution in [0.1, 0.15) is 31.4 Å². The molecule has 1 aromatic carbocycles. The van der Waals surface area contributed by atoms with E-state index in [1.807, 2.05) is 36.4 Å². The monoisotopic (exact) mass is 325 g/mol. The van der Waals surface area contributed by atoms with Gasteiger partial charge >= 0.3 is 0 Å². The SMILES string of the molecule is CCc1ccc(NC(=O)CCN(Cc2cccnc2)C(C)=O)cc1. The molecule has 126 valence electrons. The molecule has 0 atom stereocenters. The number of benzene rings is 1. The van der Waals surface area contributed by atoms with E-state index in [0.717, 1.165) is 17.7 Å². The van der Waals surface area contributed by atoms with Crippen LogP contribution in [0, 0.1) is 0 Å². The summed E-state index contributed by atoms with van der Waals surface area (Å²) in [7, 11) is 0. The van der Waals surface area contributed by atoms with Gasteiger partial charge in [0.25, 0.3) is 0 Å². The van der Waals surface area contributed by atoms with Crippen LogP contribution < -0.4 is 5.32 Å². The van der Waals surface area contributed by atoms with Crippen molar-refractivity contribution in [2.45, 2.75) is 33.2 Å². The van der Waals surface area contributed by atoms with E-state index in [1.165, 1.54) is 12.5 Å². The van der Waals surface area contributed by atoms with E-state index < -0.39 is 0 Å². The molecule has 5 heteroatoms. The van der Waals surface area contributed by atoms with E-state index >= 15 is 0 Å². The summed E-state index contributed by atoms with van der Waals surface area (Å²) in [6.45, 7) is 4.44. The molecule has 2 rings (SSSR count). The Balaban J connectivity index is 1.86. The molecule has 2 amide bonds. The summed E-state index contributed by atoms with van der Waals surface area (Å²) in [5.74, 6) is -0.157. The van der Waals surface area contributed by atoms with Crippen molar-refractivity contribution in [2.24, 2.45) is 0 Å². The predicted octanol–water partition coefficient (Wildman–Crippen LogP) is 3.02. The number of hydrogen-bond acceptors (Lipinski definition) is 3. The number of pyridine rings is 1. The van der Waals surface area contributed by atoms with Gasteiger partial charge in [0, 0.05) is 44.5 Å². The first kappa shape index (κ1) is 17.7. The maximum atomic E-state index is 12.1. The summed E-state index contributed by atoms with van der Waals surface area (Å²) in [5.41, 5.74) is 2.95. The highest BCUT2D eigenvalue weighted by Crippen LogP contribution is 2.11. The highest BCUT2D eigenvalue weighted by atomic mass is 16.2. The first-order valence-corrected chi connectivity index (χ1v) is 8.11. The quantitative estimate of drug-likeness (QED) is 0.851. The first-order valence-electron chi connectivity index (χ1n) is 8.11. The average molecular weight is 325 g/mol. The van der Waals surface area contributed by atoms with Crippen LogP contribution in [0.5, 0.6) is 0 Å². The lowest BCUT2D eigenvalue weighted by Crippen LogP contribution is -2.31. The second kappa shape index (κ2) is 8.82. The minimum atomic E-state index is -0.100. The summed E-state index contributed by atoms with van der Waals surface area (Å²) in [4.78, 5) is 29.5. The molecule has 0 aliphatic rings. The molecular formula is C19H23N3O2. The van der Waals surface area contributed by atoms with E-state index in [-0.39, 0.29) is 18.2 Å². The molecule has 0 spiro atoms. The van der Waals surface area contributed by atoms with Crippen LogP contribution in [0.3, 0.4) is 0 Å². The number of aromatic nitrogens is 1. The molecule has 0 unspecified atom stereocenters. The third kappa shape index (κ3) is 5.50. The Bertz CT molecular complexity index is 669. The van der Waals surface area contributed by atoms with Gasteiger partial charge in [-0.3, -0.25) is 14.6 Å². The summed E-state index contributed by atoms with van der Waals surface area (Å²) in [5, 5.41) is 2.86. The molecule has 0 bridgehead atoms. The molecule has 0 radical (unpaired) electrons. The number of carbonyl (C=O) groups is 2. The Hall–Kier alpha value is -2.69. The van der Waals surface area contributed by atoms with Crippen molar-refractivity contribution < 1.29 is 9.59 Å². The maximum Gasteiger partial charge on any atom is 0.226 e. The highest BCUT2D eigenvalue weighted by molar-refractivity contribution is 5.91. The standard InChI is InChI=1S/C19H23N3O2/c1-3-16-6-8-18(9-7-16)21-19(24)10-12-22(15(2)23)14-17-5-4-11-20-13-17/h4-9,11,13H,3,10,12,14H2,1-2H3,(H,21,24). The van der Waals surface area contributed by atoms with Crippen LogP contribution in [0.25, 0.3) is 0 Å². The van der Waals surface area contributed by atoms with Crippen LogP contribution in [0.2, 0.25) is 0 Å². The van der Waals surface area contributed by atoms with Crippen molar-refractivity contribution in [1.82, 2.24) is 9.88 Å². The number of nitrogens with zero attached hydrogens (tertiary/aromatic N) is 2. The molecule has 1 N–H and O–H groups in total. The summed E-state index contributed by atoms with van der Waals surface area (Å²) < 4.78 is 0. The van der Waals surface area contributed by atoms with Gasteiger partial charge in [0.05, 0.1) is 0 Å². The van der Waals surface area contributed by atoms with Gasteiger partial charge in [0.15, 0.2) is 0 Å². The van der Waals surface area contributed by atoms with Crippen LogP contribution in [0.4, 0.5) is 5.69 Å². The molecule has 0 aliphatic heterocycles. The molecule has 0 fully saturated rings. The van der Waals surface area contributed by atoms with Crippen LogP contribution in [-0.4, -0.2) is 28.2 Å². The summed E-state index contributed by atoms with van der Waals surface area (Å²) in [6, 6.07) is 11.5. The molecule has 0 aliphatic carbocycles. The highest BCUT2D eigenvalue weighted by Gasteiger charge is 2.12. The van der Waals surface area contributed by atoms with E-state index in [2.05, 4.69) is 17.2 Å². The van der Waals surface area contributed by atoms with Crippen molar-refractivity contribution in [3.05, 3.63) is 59.9 Å². The molecule has 2 aromatic rings. The second-order valence-electron chi connectivity index (χ2n) is 5.65. The fourth-order valence-electron chi connectivity index (χ4n) is 2.34. The lowest BCUT2D eigenvalue weighted by molar-refractivity contribution is -0.129. The molecule has 0 saturated carbocycles. The Morgan fingerprint density at radius 1 is 1.12 bits per heavy atom. The van der Waals surface area contributed by atoms with Gasteiger partial charge in [-0.1, -0.05) is 25.1 Å². The minimum Gasteiger partial charge on any atom is -0.338 e. The topological polar surface area (TPSA) is 62.3 Å². The largest absolute Gasteiger partial charge is 0.338 e. The zero-order valence-electron chi connectivity index (χ0n) is 14.2. The lowest BCUT2D eigenvalue weighted by atomic mass is 10.1. The number of anilines is 1. The van der Waals surface area contributed by atoms with Gasteiger partial charge in [0.1, 0.15) is 0 Å². The Morgan fingerprint density at radius 2 is 1.88 bits per heavy atom. The van der Waals surface area contributed by atoms with E-state index in [1.54, 1.807) is 17.3 Å². The van der Waals surface area contributed by atoms with Crippen molar-refractivity contribution in [3.63, 3.8) is 0 Å². The van der Waals surface area contributed by atoms with Crippen molar-refractivity contribution in [2.75, 3.05) is 11.9 Å². The van der Waals surface area contributed by atoms with Gasteiger partial charge in [0.2, 0.25) is 11.8 Å². The summed E-state index contributed by atoms with van der Waals surface area (Å²) >= 11 is 0. The number of aryl methyl sites for hydroxylation is 1. The Kier molecular flexibility index (Phi) is 6.49. The van der Waals surface area contributed by atoms with Gasteiger partial charge < -0.3 is 10.2 Å². The number of rotatable bonds is 7. The van der Waals surface area contributed by atoms with Crippen molar-refractivity contribution in [1.29, 1.82) is 0 Å². The zero-order chi connectivity index (χ0) is 17.4. The van der Waals surface area contributed by atoms with Gasteiger partial charge in [-0.25, -0.2) is 0 Å². The maximum absolute atomic E-state index is 12.1. The van der Waals surface area contributed by atoms with Crippen LogP contribution in [0.15, 0.2) is 48.8 Å². The van der Waals surface area contributed by atoms with Gasteiger partial charge in [-0.05, 0) is 35.7 Å². The lowest BCUT2D eigenvalue weighted by Gasteiger charge is -2.20.